The van der Waals surface area contributed by atoms with Gasteiger partial charge in [0.2, 0.25) is 11.8 Å². The Bertz CT molecular complexity index is 1470. The molecule has 9 heteroatoms. The van der Waals surface area contributed by atoms with Gasteiger partial charge in [-0.25, -0.2) is 0 Å². The van der Waals surface area contributed by atoms with Crippen LogP contribution in [0, 0.1) is 11.8 Å². The Kier molecular flexibility index (Phi) is 14.7. The fourth-order valence-electron chi connectivity index (χ4n) is 5.05. The first-order chi connectivity index (χ1) is 22.2. The minimum absolute atomic E-state index is 0.175. The van der Waals surface area contributed by atoms with E-state index in [-0.39, 0.29) is 19.4 Å². The molecule has 3 aromatic carbocycles. The highest BCUT2D eigenvalue weighted by atomic mass is 16.5. The van der Waals surface area contributed by atoms with Crippen LogP contribution in [0.1, 0.15) is 44.6 Å². The molecule has 0 bridgehead atoms. The van der Waals surface area contributed by atoms with Crippen molar-refractivity contribution in [3.63, 3.8) is 0 Å². The number of aliphatic hydroxyl groups is 1. The number of nitrogens with one attached hydrogen (secondary N) is 3. The Morgan fingerprint density at radius 3 is 2.28 bits per heavy atom. The van der Waals surface area contributed by atoms with Crippen LogP contribution in [-0.4, -0.2) is 54.1 Å². The molecule has 0 saturated carbocycles. The molecule has 4 N–H and O–H groups in total. The lowest BCUT2D eigenvalue weighted by atomic mass is 9.94. The average Bonchev–Trinajstić information content (AvgIpc) is 3.06. The summed E-state index contributed by atoms with van der Waals surface area (Å²) < 4.78 is 5.72. The predicted molar refractivity (Wildman–Crippen MR) is 181 cm³/mol. The van der Waals surface area contributed by atoms with Gasteiger partial charge in [-0.3, -0.25) is 19.2 Å². The van der Waals surface area contributed by atoms with Crippen LogP contribution in [-0.2, 0) is 30.3 Å². The number of carbonyl (C=O) groups excluding carboxylic acids is 4. The van der Waals surface area contributed by atoms with Gasteiger partial charge in [-0.1, -0.05) is 72.8 Å². The van der Waals surface area contributed by atoms with Crippen LogP contribution in [0.4, 0.5) is 5.69 Å². The normalized spacial score (nSPS) is 13.4. The summed E-state index contributed by atoms with van der Waals surface area (Å²) in [5.74, 6) is -3.31. The van der Waals surface area contributed by atoms with E-state index in [1.165, 1.54) is 6.08 Å². The molecular formula is C37H45N3O6. The maximum Gasteiger partial charge on any atom is 0.309 e. The van der Waals surface area contributed by atoms with Crippen molar-refractivity contribution in [3.8, 4) is 0 Å². The Morgan fingerprint density at radius 1 is 0.870 bits per heavy atom. The summed E-state index contributed by atoms with van der Waals surface area (Å²) >= 11 is 0. The van der Waals surface area contributed by atoms with Crippen molar-refractivity contribution in [2.75, 3.05) is 18.5 Å². The average molecular weight is 628 g/mol. The standard InChI is InChI=1S/C37H45N3O6/c1-4-6-8-18-31(21-27-14-9-7-10-15-27)37(45)46-25-33(36(44)39-32-20-19-28-16-11-12-17-29(28)22-32)40-35(43)30(13-5-2)23-34(42)38-26(3)24-41/h4-5,7,9-12,14-17,19-20,22,26,30-31,33,41H,1-2,6,8,13,18,21,23-25H2,3H3,(H,38,42)(H,39,44)(H,40,43)/t26-,30-,31+,33-/m0/s1. The Morgan fingerprint density at radius 2 is 1.59 bits per heavy atom. The minimum atomic E-state index is -1.24. The van der Waals surface area contributed by atoms with E-state index in [0.717, 1.165) is 29.2 Å². The highest BCUT2D eigenvalue weighted by molar-refractivity contribution is 5.99. The van der Waals surface area contributed by atoms with Crippen molar-refractivity contribution in [2.45, 2.75) is 57.5 Å². The van der Waals surface area contributed by atoms with Gasteiger partial charge in [0.15, 0.2) is 0 Å². The van der Waals surface area contributed by atoms with E-state index in [1.54, 1.807) is 19.1 Å². The van der Waals surface area contributed by atoms with Crippen LogP contribution in [0.2, 0.25) is 0 Å². The maximum absolute atomic E-state index is 13.6. The molecule has 0 aliphatic carbocycles. The monoisotopic (exact) mass is 627 g/mol. The number of rotatable bonds is 19. The number of benzene rings is 3. The van der Waals surface area contributed by atoms with Crippen molar-refractivity contribution >= 4 is 40.2 Å². The lowest BCUT2D eigenvalue weighted by Gasteiger charge is -2.23. The number of hydrogen-bond acceptors (Lipinski definition) is 6. The number of amides is 3. The zero-order valence-corrected chi connectivity index (χ0v) is 26.5. The fourth-order valence-corrected chi connectivity index (χ4v) is 5.05. The van der Waals surface area contributed by atoms with Crippen LogP contribution in [0.5, 0.6) is 0 Å². The summed E-state index contributed by atoms with van der Waals surface area (Å²) in [5.41, 5.74) is 1.50. The molecule has 0 fully saturated rings. The number of unbranched alkanes of at least 4 members (excludes halogenated alkanes) is 1. The van der Waals surface area contributed by atoms with E-state index < -0.39 is 54.2 Å². The van der Waals surface area contributed by atoms with E-state index in [2.05, 4.69) is 29.1 Å². The first-order valence-electron chi connectivity index (χ1n) is 15.7. The molecule has 3 aromatic rings. The molecular weight excluding hydrogens is 582 g/mol. The molecule has 0 spiro atoms. The molecule has 0 aliphatic rings. The van der Waals surface area contributed by atoms with Gasteiger partial charge in [0.05, 0.1) is 18.4 Å². The van der Waals surface area contributed by atoms with E-state index in [9.17, 15) is 24.3 Å². The van der Waals surface area contributed by atoms with Gasteiger partial charge in [-0.05, 0) is 67.5 Å². The summed E-state index contributed by atoms with van der Waals surface area (Å²) in [6.07, 6.45) is 5.87. The number of hydrogen-bond donors (Lipinski definition) is 4. The van der Waals surface area contributed by atoms with Crippen molar-refractivity contribution in [2.24, 2.45) is 11.8 Å². The quantitative estimate of drug-likeness (QED) is 0.0830. The lowest BCUT2D eigenvalue weighted by Crippen LogP contribution is -2.50. The second-order valence-electron chi connectivity index (χ2n) is 11.4. The summed E-state index contributed by atoms with van der Waals surface area (Å²) in [6, 6.07) is 21.1. The van der Waals surface area contributed by atoms with E-state index in [1.807, 2.05) is 66.7 Å². The zero-order valence-electron chi connectivity index (χ0n) is 26.5. The summed E-state index contributed by atoms with van der Waals surface area (Å²) in [6.45, 7) is 8.46. The van der Waals surface area contributed by atoms with E-state index in [4.69, 9.17) is 4.74 Å². The highest BCUT2D eigenvalue weighted by Gasteiger charge is 2.29. The molecule has 0 unspecified atom stereocenters. The molecule has 3 rings (SSSR count). The minimum Gasteiger partial charge on any atom is -0.463 e. The highest BCUT2D eigenvalue weighted by Crippen LogP contribution is 2.20. The summed E-state index contributed by atoms with van der Waals surface area (Å²) in [5, 5.41) is 19.4. The molecule has 0 radical (unpaired) electrons. The number of fused-ring (bicyclic) bond motifs is 1. The van der Waals surface area contributed by atoms with Gasteiger partial charge in [0, 0.05) is 18.2 Å². The third-order valence-electron chi connectivity index (χ3n) is 7.60. The molecule has 9 nitrogen and oxygen atoms in total. The largest absolute Gasteiger partial charge is 0.463 e. The maximum atomic E-state index is 13.6. The molecule has 4 atom stereocenters. The number of carbonyl (C=O) groups is 4. The predicted octanol–water partition coefficient (Wildman–Crippen LogP) is 5.10. The number of ether oxygens (including phenoxy) is 1. The first-order valence-corrected chi connectivity index (χ1v) is 15.7. The van der Waals surface area contributed by atoms with Gasteiger partial charge in [-0.2, -0.15) is 0 Å². The Balaban J connectivity index is 1.79. The van der Waals surface area contributed by atoms with Crippen molar-refractivity contribution in [1.82, 2.24) is 10.6 Å². The number of esters is 1. The second-order valence-corrected chi connectivity index (χ2v) is 11.4. The van der Waals surface area contributed by atoms with Gasteiger partial charge in [-0.15, -0.1) is 13.2 Å². The number of aliphatic hydroxyl groups excluding tert-OH is 1. The fraction of sp³-hybridized carbons (Fsp3) is 0.351. The van der Waals surface area contributed by atoms with Crippen molar-refractivity contribution in [1.29, 1.82) is 0 Å². The molecule has 244 valence electrons. The second kappa shape index (κ2) is 18.9. The SMILES string of the molecule is C=CCCC[C@H](Cc1ccccc1)C(=O)OC[C@H](NC(=O)[C@@H](CC=C)CC(=O)N[C@@H](C)CO)C(=O)Nc1ccc2ccccc2c1. The van der Waals surface area contributed by atoms with Crippen LogP contribution in [0.3, 0.4) is 0 Å². The van der Waals surface area contributed by atoms with Crippen LogP contribution < -0.4 is 16.0 Å². The van der Waals surface area contributed by atoms with Crippen LogP contribution in [0.25, 0.3) is 10.8 Å². The molecule has 3 amide bonds. The molecule has 0 aromatic heterocycles. The number of allylic oxidation sites excluding steroid dienone is 2. The topological polar surface area (TPSA) is 134 Å². The van der Waals surface area contributed by atoms with Gasteiger partial charge < -0.3 is 25.8 Å². The molecule has 0 aliphatic heterocycles. The van der Waals surface area contributed by atoms with Gasteiger partial charge in [0.25, 0.3) is 5.91 Å². The smallest absolute Gasteiger partial charge is 0.309 e. The molecule has 0 saturated heterocycles. The van der Waals surface area contributed by atoms with Gasteiger partial charge >= 0.3 is 5.97 Å². The summed E-state index contributed by atoms with van der Waals surface area (Å²) in [4.78, 5) is 53.0. The number of anilines is 1. The lowest BCUT2D eigenvalue weighted by molar-refractivity contribution is -0.151. The zero-order chi connectivity index (χ0) is 33.3. The van der Waals surface area contributed by atoms with Crippen molar-refractivity contribution < 1.29 is 29.0 Å². The van der Waals surface area contributed by atoms with Crippen LogP contribution >= 0.6 is 0 Å². The van der Waals surface area contributed by atoms with E-state index in [0.29, 0.717) is 18.5 Å². The molecule has 0 heterocycles. The third kappa shape index (κ3) is 11.6. The van der Waals surface area contributed by atoms with Crippen molar-refractivity contribution in [3.05, 3.63) is 104 Å². The van der Waals surface area contributed by atoms with Crippen LogP contribution in [0.15, 0.2) is 98.1 Å². The Hall–Kier alpha value is -4.76. The molecule has 46 heavy (non-hydrogen) atoms. The Labute approximate surface area is 271 Å². The summed E-state index contributed by atoms with van der Waals surface area (Å²) in [7, 11) is 0. The van der Waals surface area contributed by atoms with Gasteiger partial charge in [0.1, 0.15) is 12.6 Å². The van der Waals surface area contributed by atoms with E-state index >= 15 is 0 Å². The third-order valence-corrected chi connectivity index (χ3v) is 7.60. The first kappa shape index (κ1) is 35.7.